The van der Waals surface area contributed by atoms with E-state index in [4.69, 9.17) is 10.5 Å². The van der Waals surface area contributed by atoms with Crippen LogP contribution in [-0.2, 0) is 28.9 Å². The Bertz CT molecular complexity index is 890. The van der Waals surface area contributed by atoms with Gasteiger partial charge in [-0.2, -0.15) is 0 Å². The maximum Gasteiger partial charge on any atom is 0.251 e. The molecule has 28 heavy (non-hydrogen) atoms. The summed E-state index contributed by atoms with van der Waals surface area (Å²) in [5, 5.41) is 15.3. The second kappa shape index (κ2) is 8.18. The summed E-state index contributed by atoms with van der Waals surface area (Å²) in [6, 6.07) is 0. The molecule has 0 unspecified atom stereocenters. The molecule has 2 aliphatic rings. The Balaban J connectivity index is 1.42. The van der Waals surface area contributed by atoms with E-state index in [0.29, 0.717) is 22.3 Å². The lowest BCUT2D eigenvalue weighted by Crippen LogP contribution is -2.25. The van der Waals surface area contributed by atoms with Crippen molar-refractivity contribution in [1.82, 2.24) is 20.2 Å². The van der Waals surface area contributed by atoms with E-state index in [1.54, 1.807) is 11.6 Å². The van der Waals surface area contributed by atoms with Crippen LogP contribution >= 0.6 is 23.1 Å². The number of fused-ring (bicyclic) bond motifs is 1. The molecule has 2 aromatic rings. The highest BCUT2D eigenvalue weighted by Crippen LogP contribution is 2.39. The van der Waals surface area contributed by atoms with Crippen LogP contribution in [0.3, 0.4) is 0 Å². The number of nitrogens with two attached hydrogens (primary N) is 1. The zero-order valence-corrected chi connectivity index (χ0v) is 17.1. The van der Waals surface area contributed by atoms with E-state index in [2.05, 4.69) is 20.8 Å². The number of carbonyl (C=O) groups is 2. The van der Waals surface area contributed by atoms with Crippen LogP contribution in [0, 0.1) is 0 Å². The molecule has 1 fully saturated rings. The van der Waals surface area contributed by atoms with Crippen molar-refractivity contribution in [2.24, 2.45) is 5.73 Å². The van der Waals surface area contributed by atoms with Gasteiger partial charge in [-0.3, -0.25) is 9.59 Å². The summed E-state index contributed by atoms with van der Waals surface area (Å²) in [6.45, 7) is 3.13. The molecule has 0 radical (unpaired) electrons. The van der Waals surface area contributed by atoms with Crippen molar-refractivity contribution < 1.29 is 14.3 Å². The maximum atomic E-state index is 12.7. The predicted octanol–water partition coefficient (Wildman–Crippen LogP) is 1.62. The van der Waals surface area contributed by atoms with Gasteiger partial charge in [-0.15, -0.1) is 16.4 Å². The number of ether oxygens (including phenoxy) is 1. The average Bonchev–Trinajstić information content (AvgIpc) is 3.40. The number of primary amides is 1. The lowest BCUT2D eigenvalue weighted by atomic mass is 10.1. The number of tetrazole rings is 1. The molecule has 1 aliphatic heterocycles. The summed E-state index contributed by atoms with van der Waals surface area (Å²) in [7, 11) is 0. The molecular formula is C17H22N6O3S2. The second-order valence-corrected chi connectivity index (χ2v) is 9.37. The summed E-state index contributed by atoms with van der Waals surface area (Å²) in [4.78, 5) is 25.8. The highest BCUT2D eigenvalue weighted by molar-refractivity contribution is 8.00. The van der Waals surface area contributed by atoms with Crippen LogP contribution in [0.2, 0.25) is 0 Å². The van der Waals surface area contributed by atoms with Crippen molar-refractivity contribution in [2.75, 3.05) is 11.9 Å². The van der Waals surface area contributed by atoms with Crippen LogP contribution in [0.5, 0.6) is 0 Å². The van der Waals surface area contributed by atoms with Crippen LogP contribution in [0.4, 0.5) is 5.00 Å². The van der Waals surface area contributed by atoms with Crippen LogP contribution in [0.1, 0.15) is 47.0 Å². The molecule has 0 spiro atoms. The van der Waals surface area contributed by atoms with Crippen LogP contribution in [-0.4, -0.2) is 50.0 Å². The molecule has 4 rings (SSSR count). The first kappa shape index (κ1) is 19.3. The molecular weight excluding hydrogens is 400 g/mol. The first-order chi connectivity index (χ1) is 13.5. The predicted molar refractivity (Wildman–Crippen MR) is 106 cm³/mol. The maximum absolute atomic E-state index is 12.7. The second-order valence-electron chi connectivity index (χ2n) is 6.95. The summed E-state index contributed by atoms with van der Waals surface area (Å²) in [5.74, 6) is -0.699. The van der Waals surface area contributed by atoms with Crippen LogP contribution < -0.4 is 11.1 Å². The fourth-order valence-electron chi connectivity index (χ4n) is 3.55. The van der Waals surface area contributed by atoms with Crippen molar-refractivity contribution in [1.29, 1.82) is 0 Å². The molecule has 2 amide bonds. The van der Waals surface area contributed by atoms with Gasteiger partial charge in [0.2, 0.25) is 11.1 Å². The summed E-state index contributed by atoms with van der Waals surface area (Å²) in [6.07, 6.45) is 4.93. The molecule has 3 heterocycles. The number of carbonyl (C=O) groups excluding carboxylic acids is 2. The number of thioether (sulfide) groups is 1. The molecule has 3 N–H and O–H groups in total. The number of nitrogens with zero attached hydrogens (tertiary/aromatic N) is 4. The van der Waals surface area contributed by atoms with Crippen molar-refractivity contribution in [3.05, 3.63) is 16.0 Å². The third-order valence-electron chi connectivity index (χ3n) is 4.96. The molecule has 0 saturated carbocycles. The minimum atomic E-state index is -0.490. The lowest BCUT2D eigenvalue weighted by Gasteiger charge is -2.13. The minimum Gasteiger partial charge on any atom is -0.376 e. The van der Waals surface area contributed by atoms with Gasteiger partial charge in [0, 0.05) is 11.5 Å². The lowest BCUT2D eigenvalue weighted by molar-refractivity contribution is -0.115. The normalized spacial score (nSPS) is 19.5. The molecule has 1 saturated heterocycles. The summed E-state index contributed by atoms with van der Waals surface area (Å²) < 4.78 is 7.31. The Hall–Kier alpha value is -1.98. The third-order valence-corrected chi connectivity index (χ3v) is 7.23. The molecule has 11 heteroatoms. The Labute approximate surface area is 170 Å². The number of aryl methyl sites for hydroxylation is 1. The molecule has 2 aromatic heterocycles. The number of anilines is 1. The Kier molecular flexibility index (Phi) is 5.65. The van der Waals surface area contributed by atoms with Crippen molar-refractivity contribution >= 4 is 39.9 Å². The van der Waals surface area contributed by atoms with Gasteiger partial charge >= 0.3 is 0 Å². The van der Waals surface area contributed by atoms with E-state index in [1.165, 1.54) is 23.1 Å². The van der Waals surface area contributed by atoms with Gasteiger partial charge < -0.3 is 15.8 Å². The summed E-state index contributed by atoms with van der Waals surface area (Å²) in [5.41, 5.74) is 7.02. The van der Waals surface area contributed by atoms with Gasteiger partial charge in [0.1, 0.15) is 5.00 Å². The zero-order valence-electron chi connectivity index (χ0n) is 15.5. The minimum absolute atomic E-state index is 0.110. The van der Waals surface area contributed by atoms with E-state index in [0.717, 1.165) is 49.2 Å². The van der Waals surface area contributed by atoms with E-state index < -0.39 is 11.2 Å². The Morgan fingerprint density at radius 3 is 3.04 bits per heavy atom. The topological polar surface area (TPSA) is 125 Å². The van der Waals surface area contributed by atoms with E-state index in [9.17, 15) is 9.59 Å². The van der Waals surface area contributed by atoms with Crippen molar-refractivity contribution in [3.63, 3.8) is 0 Å². The number of hydrogen-bond acceptors (Lipinski definition) is 8. The van der Waals surface area contributed by atoms with E-state index in [-0.39, 0.29) is 12.0 Å². The van der Waals surface area contributed by atoms with Crippen LogP contribution in [0.25, 0.3) is 0 Å². The fraction of sp³-hybridized carbons (Fsp3) is 0.588. The van der Waals surface area contributed by atoms with Gasteiger partial charge in [0.05, 0.1) is 23.5 Å². The number of thiophene rings is 1. The highest BCUT2D eigenvalue weighted by Gasteiger charge is 2.28. The van der Waals surface area contributed by atoms with Gasteiger partial charge in [0.25, 0.3) is 5.91 Å². The number of nitrogens with one attached hydrogen (secondary N) is 1. The van der Waals surface area contributed by atoms with Gasteiger partial charge in [-0.25, -0.2) is 4.68 Å². The van der Waals surface area contributed by atoms with Gasteiger partial charge in [-0.05, 0) is 55.0 Å². The largest absolute Gasteiger partial charge is 0.376 e. The first-order valence-electron chi connectivity index (χ1n) is 9.32. The standard InChI is InChI=1S/C17H22N6O3S2/c1-9(27-17-20-21-22-23(17)8-10-4-3-7-26-10)15(25)19-16-13(14(18)24)11-5-2-6-12(11)28-16/h9-10H,2-8H2,1H3,(H2,18,24)(H,19,25)/t9-,10+/m0/s1. The Morgan fingerprint density at radius 2 is 2.29 bits per heavy atom. The molecule has 0 aromatic carbocycles. The fourth-order valence-corrected chi connectivity index (χ4v) is 5.65. The quantitative estimate of drug-likeness (QED) is 0.650. The highest BCUT2D eigenvalue weighted by atomic mass is 32.2. The van der Waals surface area contributed by atoms with E-state index in [1.807, 2.05) is 0 Å². The SMILES string of the molecule is C[C@H](Sc1nnnn1C[C@H]1CCCO1)C(=O)Nc1sc2c(c1C(N)=O)CCC2. The first-order valence-corrected chi connectivity index (χ1v) is 11.0. The van der Waals surface area contributed by atoms with Crippen molar-refractivity contribution in [3.8, 4) is 0 Å². The monoisotopic (exact) mass is 422 g/mol. The number of rotatable bonds is 7. The van der Waals surface area contributed by atoms with Crippen molar-refractivity contribution in [2.45, 2.75) is 62.1 Å². The number of hydrogen-bond donors (Lipinski definition) is 2. The third kappa shape index (κ3) is 3.91. The average molecular weight is 423 g/mol. The molecule has 0 bridgehead atoms. The Morgan fingerprint density at radius 1 is 1.43 bits per heavy atom. The molecule has 1 aliphatic carbocycles. The smallest absolute Gasteiger partial charge is 0.251 e. The number of amides is 2. The van der Waals surface area contributed by atoms with Gasteiger partial charge in [0.15, 0.2) is 0 Å². The number of aromatic nitrogens is 4. The summed E-state index contributed by atoms with van der Waals surface area (Å²) >= 11 is 2.73. The zero-order chi connectivity index (χ0) is 19.7. The molecule has 150 valence electrons. The molecule has 2 atom stereocenters. The molecule has 9 nitrogen and oxygen atoms in total. The van der Waals surface area contributed by atoms with E-state index >= 15 is 0 Å². The van der Waals surface area contributed by atoms with Crippen LogP contribution in [0.15, 0.2) is 5.16 Å². The van der Waals surface area contributed by atoms with Gasteiger partial charge in [-0.1, -0.05) is 11.8 Å².